The van der Waals surface area contributed by atoms with E-state index in [1.807, 2.05) is 47.0 Å². The smallest absolute Gasteiger partial charge is 0.0586 e. The molecule has 0 atom stereocenters. The highest BCUT2D eigenvalue weighted by Crippen LogP contribution is 2.62. The molecule has 0 radical (unpaired) electrons. The van der Waals surface area contributed by atoms with Gasteiger partial charge in [0.1, 0.15) is 0 Å². The Bertz CT molecular complexity index is 1160. The van der Waals surface area contributed by atoms with E-state index in [0.29, 0.717) is 0 Å². The summed E-state index contributed by atoms with van der Waals surface area (Å²) in [7, 11) is 0. The van der Waals surface area contributed by atoms with E-state index >= 15 is 0 Å². The topological polar surface area (TPSA) is 0 Å². The van der Waals surface area contributed by atoms with Crippen LogP contribution in [0.4, 0.5) is 0 Å². The quantitative estimate of drug-likeness (QED) is 0.318. The molecule has 2 aromatic carbocycles. The van der Waals surface area contributed by atoms with Gasteiger partial charge in [-0.05, 0) is 49.3 Å². The van der Waals surface area contributed by atoms with Crippen LogP contribution in [0, 0.1) is 0 Å². The van der Waals surface area contributed by atoms with Crippen molar-refractivity contribution in [2.75, 3.05) is 11.5 Å². The minimum atomic E-state index is 1.23. The molecule has 2 aromatic rings. The fraction of sp³-hybridized carbons (Fsp3) is 0.412. The largest absolute Gasteiger partial charge is 0.118 e. The Morgan fingerprint density at radius 1 is 0.400 bits per heavy atom. The molecule has 0 saturated heterocycles. The normalized spacial score (nSPS) is 24.6. The second kappa shape index (κ2) is 16.4. The molecule has 0 amide bonds. The molecule has 3 aliphatic rings. The zero-order chi connectivity index (χ0) is 27.6. The molecule has 40 heavy (non-hydrogen) atoms. The number of allylic oxidation sites excluding steroid dienone is 4. The van der Waals surface area contributed by atoms with E-state index < -0.39 is 0 Å². The van der Waals surface area contributed by atoms with Crippen molar-refractivity contribution in [3.8, 4) is 0 Å². The lowest BCUT2D eigenvalue weighted by Crippen LogP contribution is -1.95. The molecule has 0 N–H and O–H groups in total. The third-order valence-electron chi connectivity index (χ3n) is 7.23. The maximum Gasteiger partial charge on any atom is 0.0586 e. The van der Waals surface area contributed by atoms with E-state index in [-0.39, 0.29) is 0 Å². The first kappa shape index (κ1) is 30.9. The summed E-state index contributed by atoms with van der Waals surface area (Å²) in [5.74, 6) is 2.46. The van der Waals surface area contributed by atoms with Gasteiger partial charge in [-0.25, -0.2) is 0 Å². The Balaban J connectivity index is 1.52. The van der Waals surface area contributed by atoms with Gasteiger partial charge in [0.15, 0.2) is 0 Å². The molecule has 4 bridgehead atoms. The predicted molar refractivity (Wildman–Crippen MR) is 194 cm³/mol. The molecule has 0 nitrogen and oxygen atoms in total. The zero-order valence-electron chi connectivity index (χ0n) is 23.7. The van der Waals surface area contributed by atoms with Crippen LogP contribution in [0.1, 0.15) is 89.2 Å². The minimum Gasteiger partial charge on any atom is -0.118 e. The summed E-state index contributed by atoms with van der Waals surface area (Å²) in [5.41, 5.74) is 5.43. The third-order valence-corrected chi connectivity index (χ3v) is 15.6. The summed E-state index contributed by atoms with van der Waals surface area (Å²) in [5, 5.41) is 0. The maximum absolute atomic E-state index is 2.33. The van der Waals surface area contributed by atoms with Gasteiger partial charge < -0.3 is 0 Å². The molecule has 0 spiro atoms. The van der Waals surface area contributed by atoms with Gasteiger partial charge in [0, 0.05) is 21.0 Å². The standard InChI is InChI=1S/C34H40S6/c1-25-31-35-23-17-9-7-5-3-4-6-8-10-18-24-36-32-26(2)38-34(40-32)30(28-21-15-12-16-22-28)29(33(37-25)39-31)27-19-13-11-14-20-27/h11-16,19-22H,3-10,17-18,23-24H2,1-2H3/b33-29-,34-30+. The fourth-order valence-electron chi connectivity index (χ4n) is 5.07. The second-order valence-corrected chi connectivity index (χ2v) is 18.1. The maximum atomic E-state index is 2.33. The van der Waals surface area contributed by atoms with Crippen molar-refractivity contribution >= 4 is 81.7 Å². The van der Waals surface area contributed by atoms with Crippen LogP contribution in [0.15, 0.2) is 87.4 Å². The van der Waals surface area contributed by atoms with Gasteiger partial charge in [-0.1, -0.05) is 159 Å². The second-order valence-electron chi connectivity index (χ2n) is 10.4. The van der Waals surface area contributed by atoms with Crippen molar-refractivity contribution < 1.29 is 0 Å². The van der Waals surface area contributed by atoms with Gasteiger partial charge in [-0.3, -0.25) is 0 Å². The molecular weight excluding hydrogens is 601 g/mol. The first-order chi connectivity index (χ1) is 19.7. The van der Waals surface area contributed by atoms with E-state index in [1.54, 1.807) is 0 Å². The molecule has 6 heteroatoms. The highest BCUT2D eigenvalue weighted by Gasteiger charge is 2.30. The number of hydrogen-bond acceptors (Lipinski definition) is 6. The molecule has 0 fully saturated rings. The molecule has 3 aliphatic heterocycles. The Kier molecular flexibility index (Phi) is 12.7. The summed E-state index contributed by atoms with van der Waals surface area (Å²) in [4.78, 5) is 2.93. The Labute approximate surface area is 267 Å². The molecular formula is C34H40S6. The molecule has 0 saturated carbocycles. The van der Waals surface area contributed by atoms with Crippen molar-refractivity contribution in [2.24, 2.45) is 0 Å². The lowest BCUT2D eigenvalue weighted by atomic mass is 9.95. The van der Waals surface area contributed by atoms with Crippen LogP contribution in [-0.2, 0) is 0 Å². The molecule has 0 unspecified atom stereocenters. The van der Waals surface area contributed by atoms with Crippen molar-refractivity contribution in [3.05, 3.63) is 98.5 Å². The minimum absolute atomic E-state index is 1.23. The summed E-state index contributed by atoms with van der Waals surface area (Å²) in [6.07, 6.45) is 13.9. The van der Waals surface area contributed by atoms with E-state index in [2.05, 4.69) is 98.0 Å². The van der Waals surface area contributed by atoms with Gasteiger partial charge in [-0.2, -0.15) is 0 Å². The third kappa shape index (κ3) is 8.54. The number of rotatable bonds is 2. The van der Waals surface area contributed by atoms with Gasteiger partial charge in [0.25, 0.3) is 0 Å². The fourth-order valence-corrected chi connectivity index (χ4v) is 13.7. The van der Waals surface area contributed by atoms with Crippen LogP contribution in [0.3, 0.4) is 0 Å². The van der Waals surface area contributed by atoms with Crippen molar-refractivity contribution in [1.29, 1.82) is 0 Å². The first-order valence-electron chi connectivity index (χ1n) is 14.7. The first-order valence-corrected chi connectivity index (χ1v) is 19.9. The van der Waals surface area contributed by atoms with Crippen molar-refractivity contribution in [3.63, 3.8) is 0 Å². The van der Waals surface area contributed by atoms with Crippen molar-refractivity contribution in [1.82, 2.24) is 0 Å². The van der Waals surface area contributed by atoms with Gasteiger partial charge >= 0.3 is 0 Å². The van der Waals surface area contributed by atoms with Crippen LogP contribution < -0.4 is 0 Å². The SMILES string of the molecule is CC1=C2SCCCCCCCCCCCCSC3=C(C)S/C(=C(c4ccccc4)\C(c4ccccc4)=C(\S1)S2)S3. The average Bonchev–Trinajstić information content (AvgIpc) is 3.53. The average molecular weight is 641 g/mol. The van der Waals surface area contributed by atoms with Crippen LogP contribution in [0.5, 0.6) is 0 Å². The van der Waals surface area contributed by atoms with E-state index in [9.17, 15) is 0 Å². The molecule has 212 valence electrons. The Morgan fingerprint density at radius 3 is 1.12 bits per heavy atom. The Morgan fingerprint density at radius 2 is 0.750 bits per heavy atom. The zero-order valence-corrected chi connectivity index (χ0v) is 28.6. The number of fused-ring (bicyclic) bond motifs is 4. The highest BCUT2D eigenvalue weighted by molar-refractivity contribution is 8.36. The number of hydrogen-bond donors (Lipinski definition) is 0. The summed E-state index contributed by atoms with van der Waals surface area (Å²) >= 11 is 12.2. The summed E-state index contributed by atoms with van der Waals surface area (Å²) < 4.78 is 5.87. The molecule has 5 rings (SSSR count). The number of thioether (sulfide) groups is 6. The van der Waals surface area contributed by atoms with Gasteiger partial charge in [0.2, 0.25) is 0 Å². The monoisotopic (exact) mass is 640 g/mol. The van der Waals surface area contributed by atoms with Crippen LogP contribution in [0.2, 0.25) is 0 Å². The lowest BCUT2D eigenvalue weighted by Gasteiger charge is -2.19. The summed E-state index contributed by atoms with van der Waals surface area (Å²) in [6, 6.07) is 22.3. The molecule has 3 heterocycles. The highest BCUT2D eigenvalue weighted by atomic mass is 32.2. The summed E-state index contributed by atoms with van der Waals surface area (Å²) in [6.45, 7) is 4.65. The van der Waals surface area contributed by atoms with Gasteiger partial charge in [0.05, 0.1) is 16.9 Å². The van der Waals surface area contributed by atoms with Crippen LogP contribution in [0.25, 0.3) is 11.1 Å². The molecule has 0 aromatic heterocycles. The van der Waals surface area contributed by atoms with Crippen molar-refractivity contribution in [2.45, 2.75) is 78.1 Å². The van der Waals surface area contributed by atoms with Crippen LogP contribution >= 0.6 is 70.6 Å². The van der Waals surface area contributed by atoms with Gasteiger partial charge in [-0.15, -0.1) is 23.5 Å². The molecule has 0 aliphatic carbocycles. The Hall–Kier alpha value is -0.500. The number of benzene rings is 2. The lowest BCUT2D eigenvalue weighted by molar-refractivity contribution is 0.564. The van der Waals surface area contributed by atoms with E-state index in [0.717, 1.165) is 0 Å². The predicted octanol–water partition coefficient (Wildman–Crippen LogP) is 13.4. The van der Waals surface area contributed by atoms with Crippen LogP contribution in [-0.4, -0.2) is 11.5 Å². The van der Waals surface area contributed by atoms with E-state index in [1.165, 1.54) is 125 Å². The van der Waals surface area contributed by atoms with E-state index in [4.69, 9.17) is 0 Å².